The van der Waals surface area contributed by atoms with Gasteiger partial charge in [-0.3, -0.25) is 9.78 Å². The number of pyridine rings is 2. The fourth-order valence-corrected chi connectivity index (χ4v) is 3.66. The largest absolute Gasteiger partial charge is 0.494 e. The van der Waals surface area contributed by atoms with Crippen LogP contribution in [0.3, 0.4) is 0 Å². The van der Waals surface area contributed by atoms with E-state index in [2.05, 4.69) is 20.6 Å². The van der Waals surface area contributed by atoms with Crippen molar-refractivity contribution in [3.05, 3.63) is 65.6 Å². The van der Waals surface area contributed by atoms with E-state index in [0.717, 1.165) is 18.2 Å². The Labute approximate surface area is 210 Å². The van der Waals surface area contributed by atoms with Crippen molar-refractivity contribution in [1.29, 1.82) is 0 Å². The number of halogens is 5. The molecule has 37 heavy (non-hydrogen) atoms. The number of carbonyl (C=O) groups excluding carboxylic acids is 1. The predicted octanol–water partition coefficient (Wildman–Crippen LogP) is 5.43. The van der Waals surface area contributed by atoms with Crippen LogP contribution < -0.4 is 21.1 Å². The van der Waals surface area contributed by atoms with Crippen molar-refractivity contribution in [2.24, 2.45) is 0 Å². The number of hydrogen-bond acceptors (Lipinski definition) is 6. The lowest BCUT2D eigenvalue weighted by atomic mass is 10.0. The van der Waals surface area contributed by atoms with Crippen molar-refractivity contribution < 1.29 is 31.5 Å². The maximum Gasteiger partial charge on any atom is 0.418 e. The van der Waals surface area contributed by atoms with Gasteiger partial charge >= 0.3 is 6.18 Å². The quantitative estimate of drug-likeness (QED) is 0.394. The average Bonchev–Trinajstić information content (AvgIpc) is 3.18. The van der Waals surface area contributed by atoms with Crippen LogP contribution in [-0.2, 0) is 6.18 Å². The van der Waals surface area contributed by atoms with Crippen molar-refractivity contribution in [2.75, 3.05) is 31.2 Å². The van der Waals surface area contributed by atoms with E-state index in [0.29, 0.717) is 6.07 Å². The Morgan fingerprint density at radius 3 is 2.32 bits per heavy atom. The van der Waals surface area contributed by atoms with Gasteiger partial charge in [-0.05, 0) is 44.1 Å². The number of methoxy groups -OCH3 is 1. The number of rotatable bonds is 4. The summed E-state index contributed by atoms with van der Waals surface area (Å²) in [6.07, 6.45) is 3.24. The smallest absolute Gasteiger partial charge is 0.418 e. The third-order valence-corrected chi connectivity index (χ3v) is 5.48. The van der Waals surface area contributed by atoms with Gasteiger partial charge in [-0.1, -0.05) is 18.9 Å². The minimum absolute atomic E-state index is 0.0877. The Morgan fingerprint density at radius 1 is 1.08 bits per heavy atom. The molecule has 1 aliphatic rings. The highest BCUT2D eigenvalue weighted by atomic mass is 19.4. The predicted molar refractivity (Wildman–Crippen MR) is 129 cm³/mol. The molecule has 3 heterocycles. The zero-order valence-electron chi connectivity index (χ0n) is 20.0. The molecular formula is C25H26F5N5O2. The summed E-state index contributed by atoms with van der Waals surface area (Å²) in [4.78, 5) is 20.0. The second-order valence-corrected chi connectivity index (χ2v) is 8.11. The zero-order chi connectivity index (χ0) is 27.0. The first-order chi connectivity index (χ1) is 17.6. The third-order valence-electron chi connectivity index (χ3n) is 5.48. The topological polar surface area (TPSA) is 102 Å². The molecule has 0 saturated carbocycles. The van der Waals surface area contributed by atoms with E-state index >= 15 is 0 Å². The van der Waals surface area contributed by atoms with Crippen LogP contribution in [0.25, 0.3) is 11.3 Å². The molecule has 198 valence electrons. The molecule has 0 aliphatic carbocycles. The molecule has 1 aliphatic heterocycles. The Hall–Kier alpha value is -3.80. The fourth-order valence-electron chi connectivity index (χ4n) is 3.66. The molecule has 1 fully saturated rings. The standard InChI is InChI=1S/C19H13F5N4O2.C6H13N/c1-30-14-5-6-26-8-13(14)27-18(29)17-12(25)7-9(19(22,23)24)16(28-17)15-10(20)3-2-4-11(15)21;1-2-4-6-7-5-3-1/h2-8H,25H2,1H3,(H,27,29);7H,1-6H2. The van der Waals surface area contributed by atoms with Crippen molar-refractivity contribution >= 4 is 17.3 Å². The van der Waals surface area contributed by atoms with Gasteiger partial charge in [0.2, 0.25) is 0 Å². The van der Waals surface area contributed by atoms with Gasteiger partial charge in [-0.25, -0.2) is 13.8 Å². The first kappa shape index (κ1) is 27.8. The summed E-state index contributed by atoms with van der Waals surface area (Å²) >= 11 is 0. The number of nitrogens with two attached hydrogens (primary N) is 1. The Balaban J connectivity index is 0.000000468. The molecule has 4 N–H and O–H groups in total. The second-order valence-electron chi connectivity index (χ2n) is 8.11. The molecule has 0 bridgehead atoms. The summed E-state index contributed by atoms with van der Waals surface area (Å²) < 4.78 is 73.9. The minimum atomic E-state index is -5.03. The van der Waals surface area contributed by atoms with E-state index in [9.17, 15) is 26.7 Å². The molecule has 1 amide bonds. The number of alkyl halides is 3. The van der Waals surface area contributed by atoms with Gasteiger partial charge in [0.05, 0.1) is 35.8 Å². The van der Waals surface area contributed by atoms with Gasteiger partial charge in [0.1, 0.15) is 23.1 Å². The lowest BCUT2D eigenvalue weighted by Crippen LogP contribution is -2.20. The van der Waals surface area contributed by atoms with Gasteiger partial charge < -0.3 is 21.1 Å². The number of carbonyl (C=O) groups is 1. The first-order valence-electron chi connectivity index (χ1n) is 11.5. The summed E-state index contributed by atoms with van der Waals surface area (Å²) in [7, 11) is 1.33. The van der Waals surface area contributed by atoms with Crippen LogP contribution in [0, 0.1) is 11.6 Å². The van der Waals surface area contributed by atoms with Gasteiger partial charge in [0.25, 0.3) is 5.91 Å². The summed E-state index contributed by atoms with van der Waals surface area (Å²) in [6, 6.07) is 4.37. The molecule has 3 aromatic rings. The summed E-state index contributed by atoms with van der Waals surface area (Å²) in [5.74, 6) is -3.37. The van der Waals surface area contributed by atoms with Gasteiger partial charge in [-0.2, -0.15) is 13.2 Å². The molecule has 1 aromatic carbocycles. The number of nitrogens with zero attached hydrogens (tertiary/aromatic N) is 2. The van der Waals surface area contributed by atoms with Crippen molar-refractivity contribution in [3.63, 3.8) is 0 Å². The molecule has 0 radical (unpaired) electrons. The van der Waals surface area contributed by atoms with Crippen molar-refractivity contribution in [1.82, 2.24) is 15.3 Å². The van der Waals surface area contributed by atoms with Crippen LogP contribution in [0.1, 0.15) is 41.7 Å². The zero-order valence-corrected chi connectivity index (χ0v) is 20.0. The highest BCUT2D eigenvalue weighted by Gasteiger charge is 2.37. The van der Waals surface area contributed by atoms with E-state index in [1.165, 1.54) is 64.3 Å². The Morgan fingerprint density at radius 2 is 1.73 bits per heavy atom. The number of hydrogen-bond donors (Lipinski definition) is 3. The minimum Gasteiger partial charge on any atom is -0.494 e. The second kappa shape index (κ2) is 12.4. The van der Waals surface area contributed by atoms with Gasteiger partial charge in [0, 0.05) is 12.3 Å². The molecule has 0 atom stereocenters. The van der Waals surface area contributed by atoms with Crippen LogP contribution in [0.5, 0.6) is 5.75 Å². The number of nitrogens with one attached hydrogen (secondary N) is 2. The number of ether oxygens (including phenoxy) is 1. The monoisotopic (exact) mass is 523 g/mol. The van der Waals surface area contributed by atoms with Gasteiger partial charge in [-0.15, -0.1) is 0 Å². The number of amides is 1. The highest BCUT2D eigenvalue weighted by Crippen LogP contribution is 2.39. The van der Waals surface area contributed by atoms with Crippen LogP contribution in [-0.4, -0.2) is 36.1 Å². The molecular weight excluding hydrogens is 497 g/mol. The maximum absolute atomic E-state index is 14.2. The van der Waals surface area contributed by atoms with E-state index in [4.69, 9.17) is 10.5 Å². The molecule has 1 saturated heterocycles. The molecule has 7 nitrogen and oxygen atoms in total. The van der Waals surface area contributed by atoms with Crippen LogP contribution >= 0.6 is 0 Å². The Kier molecular flexibility index (Phi) is 9.34. The van der Waals surface area contributed by atoms with Gasteiger partial charge in [0.15, 0.2) is 5.69 Å². The third kappa shape index (κ3) is 7.13. The highest BCUT2D eigenvalue weighted by molar-refractivity contribution is 6.07. The number of benzene rings is 1. The lowest BCUT2D eigenvalue weighted by molar-refractivity contribution is -0.137. The van der Waals surface area contributed by atoms with Crippen LogP contribution in [0.2, 0.25) is 0 Å². The van der Waals surface area contributed by atoms with Crippen LogP contribution in [0.4, 0.5) is 33.3 Å². The normalized spacial score (nSPS) is 13.7. The van der Waals surface area contributed by atoms with E-state index in [-0.39, 0.29) is 11.4 Å². The maximum atomic E-state index is 14.2. The van der Waals surface area contributed by atoms with Crippen molar-refractivity contribution in [2.45, 2.75) is 31.9 Å². The summed E-state index contributed by atoms with van der Waals surface area (Å²) in [5, 5.41) is 5.69. The molecule has 4 rings (SSSR count). The lowest BCUT2D eigenvalue weighted by Gasteiger charge is -2.17. The number of aromatic nitrogens is 2. The molecule has 2 aromatic heterocycles. The SMILES string of the molecule is C1CCCNCC1.COc1ccncc1NC(=O)c1nc(-c2c(F)cccc2F)c(C(F)(F)F)cc1N. The summed E-state index contributed by atoms with van der Waals surface area (Å²) in [5.41, 5.74) is 0.782. The summed E-state index contributed by atoms with van der Waals surface area (Å²) in [6.45, 7) is 2.50. The van der Waals surface area contributed by atoms with E-state index < -0.39 is 51.9 Å². The number of anilines is 2. The molecule has 12 heteroatoms. The number of nitrogen functional groups attached to an aromatic ring is 1. The molecule has 0 unspecified atom stereocenters. The fraction of sp³-hybridized carbons (Fsp3) is 0.320. The molecule has 0 spiro atoms. The Bertz CT molecular complexity index is 1200. The van der Waals surface area contributed by atoms with E-state index in [1.807, 2.05) is 0 Å². The first-order valence-corrected chi connectivity index (χ1v) is 11.5. The average molecular weight is 524 g/mol. The van der Waals surface area contributed by atoms with Crippen molar-refractivity contribution in [3.8, 4) is 17.0 Å². The van der Waals surface area contributed by atoms with Crippen LogP contribution in [0.15, 0.2) is 42.7 Å². The van der Waals surface area contributed by atoms with E-state index in [1.54, 1.807) is 0 Å².